The van der Waals surface area contributed by atoms with Gasteiger partial charge in [0.25, 0.3) is 0 Å². The highest BCUT2D eigenvalue weighted by atomic mass is 79.9. The lowest BCUT2D eigenvalue weighted by molar-refractivity contribution is 0.252. The Morgan fingerprint density at radius 1 is 1.24 bits per heavy atom. The molecule has 2 amide bonds. The van der Waals surface area contributed by atoms with Crippen molar-refractivity contribution in [2.24, 2.45) is 0 Å². The summed E-state index contributed by atoms with van der Waals surface area (Å²) in [5.41, 5.74) is 9.23. The highest BCUT2D eigenvalue weighted by Crippen LogP contribution is 2.19. The molecule has 0 radical (unpaired) electrons. The number of amides is 2. The Morgan fingerprint density at radius 3 is 2.81 bits per heavy atom. The summed E-state index contributed by atoms with van der Waals surface area (Å²) in [4.78, 5) is 11.8. The molecule has 0 aliphatic rings. The fourth-order valence-electron chi connectivity index (χ4n) is 1.96. The first-order chi connectivity index (χ1) is 10.0. The third-order valence-electron chi connectivity index (χ3n) is 3.05. The zero-order valence-corrected chi connectivity index (χ0v) is 13.4. The van der Waals surface area contributed by atoms with E-state index >= 15 is 0 Å². The standard InChI is InChI=1S/C16H18BrN3O/c1-11-5-6-14(18)15(9-11)20-16(21)19-8-7-12-3-2-4-13(17)10-12/h2-6,9-10H,7-8,18H2,1H3,(H2,19,20,21). The van der Waals surface area contributed by atoms with Crippen LogP contribution in [0, 0.1) is 6.92 Å². The third-order valence-corrected chi connectivity index (χ3v) is 3.54. The summed E-state index contributed by atoms with van der Waals surface area (Å²) in [7, 11) is 0. The van der Waals surface area contributed by atoms with Gasteiger partial charge in [0.15, 0.2) is 0 Å². The van der Waals surface area contributed by atoms with E-state index in [-0.39, 0.29) is 6.03 Å². The molecule has 0 saturated carbocycles. The molecule has 0 atom stereocenters. The molecule has 0 aromatic heterocycles. The largest absolute Gasteiger partial charge is 0.397 e. The predicted molar refractivity (Wildman–Crippen MR) is 90.5 cm³/mol. The van der Waals surface area contributed by atoms with Gasteiger partial charge in [-0.05, 0) is 48.7 Å². The van der Waals surface area contributed by atoms with Gasteiger partial charge in [-0.15, -0.1) is 0 Å². The first kappa shape index (κ1) is 15.4. The Labute approximate surface area is 132 Å². The minimum Gasteiger partial charge on any atom is -0.397 e. The molecule has 5 heteroatoms. The molecule has 2 aromatic carbocycles. The summed E-state index contributed by atoms with van der Waals surface area (Å²) in [6, 6.07) is 13.3. The second kappa shape index (κ2) is 7.13. The molecule has 0 aliphatic heterocycles. The van der Waals surface area contributed by atoms with Crippen molar-refractivity contribution < 1.29 is 4.79 Å². The van der Waals surface area contributed by atoms with Crippen molar-refractivity contribution in [3.8, 4) is 0 Å². The number of hydrogen-bond acceptors (Lipinski definition) is 2. The van der Waals surface area contributed by atoms with E-state index < -0.39 is 0 Å². The molecular weight excluding hydrogens is 330 g/mol. The fourth-order valence-corrected chi connectivity index (χ4v) is 2.40. The Kier molecular flexibility index (Phi) is 5.22. The number of halogens is 1. The zero-order valence-electron chi connectivity index (χ0n) is 11.8. The number of carbonyl (C=O) groups is 1. The third kappa shape index (κ3) is 4.79. The molecule has 0 unspecified atom stereocenters. The molecule has 0 heterocycles. The molecule has 21 heavy (non-hydrogen) atoms. The summed E-state index contributed by atoms with van der Waals surface area (Å²) in [5.74, 6) is 0. The molecule has 0 fully saturated rings. The van der Waals surface area contributed by atoms with E-state index in [0.717, 1.165) is 16.5 Å². The van der Waals surface area contributed by atoms with Crippen LogP contribution in [-0.4, -0.2) is 12.6 Å². The van der Waals surface area contributed by atoms with Gasteiger partial charge in [0.05, 0.1) is 11.4 Å². The highest BCUT2D eigenvalue weighted by Gasteiger charge is 2.04. The van der Waals surface area contributed by atoms with Crippen LogP contribution in [0.15, 0.2) is 46.9 Å². The molecule has 0 spiro atoms. The van der Waals surface area contributed by atoms with Crippen LogP contribution < -0.4 is 16.4 Å². The lowest BCUT2D eigenvalue weighted by Gasteiger charge is -2.10. The van der Waals surface area contributed by atoms with Crippen LogP contribution in [0.4, 0.5) is 16.2 Å². The zero-order chi connectivity index (χ0) is 15.2. The topological polar surface area (TPSA) is 67.1 Å². The second-order valence-corrected chi connectivity index (χ2v) is 5.77. The van der Waals surface area contributed by atoms with Gasteiger partial charge in [-0.25, -0.2) is 4.79 Å². The van der Waals surface area contributed by atoms with Crippen LogP contribution >= 0.6 is 15.9 Å². The number of hydrogen-bond donors (Lipinski definition) is 3. The minimum absolute atomic E-state index is 0.248. The molecule has 2 aromatic rings. The Balaban J connectivity index is 1.84. The number of carbonyl (C=O) groups excluding carboxylic acids is 1. The monoisotopic (exact) mass is 347 g/mol. The fraction of sp³-hybridized carbons (Fsp3) is 0.188. The van der Waals surface area contributed by atoms with Crippen molar-refractivity contribution in [2.75, 3.05) is 17.6 Å². The number of urea groups is 1. The average molecular weight is 348 g/mol. The second-order valence-electron chi connectivity index (χ2n) is 4.85. The van der Waals surface area contributed by atoms with E-state index in [4.69, 9.17) is 5.73 Å². The van der Waals surface area contributed by atoms with Crippen molar-refractivity contribution in [3.63, 3.8) is 0 Å². The van der Waals surface area contributed by atoms with Crippen LogP contribution in [0.5, 0.6) is 0 Å². The summed E-state index contributed by atoms with van der Waals surface area (Å²) >= 11 is 3.43. The number of nitrogen functional groups attached to an aromatic ring is 1. The molecule has 4 N–H and O–H groups in total. The van der Waals surface area contributed by atoms with Gasteiger partial charge in [0, 0.05) is 11.0 Å². The van der Waals surface area contributed by atoms with Gasteiger partial charge in [0.2, 0.25) is 0 Å². The van der Waals surface area contributed by atoms with Crippen LogP contribution in [0.2, 0.25) is 0 Å². The predicted octanol–water partition coefficient (Wildman–Crippen LogP) is 3.70. The van der Waals surface area contributed by atoms with Crippen molar-refractivity contribution >= 4 is 33.3 Å². The Hall–Kier alpha value is -2.01. The quantitative estimate of drug-likeness (QED) is 0.738. The molecule has 0 saturated heterocycles. The molecule has 2 rings (SSSR count). The van der Waals surface area contributed by atoms with E-state index in [1.54, 1.807) is 6.07 Å². The maximum absolute atomic E-state index is 11.8. The minimum atomic E-state index is -0.248. The first-order valence-corrected chi connectivity index (χ1v) is 7.49. The van der Waals surface area contributed by atoms with Gasteiger partial charge >= 0.3 is 6.03 Å². The number of nitrogens with two attached hydrogens (primary N) is 1. The Bertz CT molecular complexity index is 643. The van der Waals surface area contributed by atoms with E-state index in [1.807, 2.05) is 43.3 Å². The number of nitrogens with one attached hydrogen (secondary N) is 2. The smallest absolute Gasteiger partial charge is 0.319 e. The average Bonchev–Trinajstić information content (AvgIpc) is 2.43. The van der Waals surface area contributed by atoms with Crippen molar-refractivity contribution in [2.45, 2.75) is 13.3 Å². The molecule has 0 aliphatic carbocycles. The van der Waals surface area contributed by atoms with Gasteiger partial charge < -0.3 is 16.4 Å². The summed E-state index contributed by atoms with van der Waals surface area (Å²) < 4.78 is 1.04. The van der Waals surface area contributed by atoms with Gasteiger partial charge in [-0.2, -0.15) is 0 Å². The van der Waals surface area contributed by atoms with Crippen LogP contribution in [0.25, 0.3) is 0 Å². The van der Waals surface area contributed by atoms with E-state index in [9.17, 15) is 4.79 Å². The summed E-state index contributed by atoms with van der Waals surface area (Å²) in [6.07, 6.45) is 0.774. The van der Waals surface area contributed by atoms with E-state index in [0.29, 0.717) is 17.9 Å². The van der Waals surface area contributed by atoms with Crippen molar-refractivity contribution in [3.05, 3.63) is 58.1 Å². The summed E-state index contributed by atoms with van der Waals surface area (Å²) in [6.45, 7) is 2.52. The van der Waals surface area contributed by atoms with Crippen LogP contribution in [-0.2, 0) is 6.42 Å². The molecule has 0 bridgehead atoms. The number of anilines is 2. The van der Waals surface area contributed by atoms with Gasteiger partial charge in [-0.1, -0.05) is 34.1 Å². The van der Waals surface area contributed by atoms with Gasteiger partial charge in [0.1, 0.15) is 0 Å². The van der Waals surface area contributed by atoms with Crippen molar-refractivity contribution in [1.82, 2.24) is 5.32 Å². The Morgan fingerprint density at radius 2 is 2.05 bits per heavy atom. The summed E-state index contributed by atoms with van der Waals surface area (Å²) in [5, 5.41) is 5.59. The van der Waals surface area contributed by atoms with Crippen LogP contribution in [0.1, 0.15) is 11.1 Å². The maximum atomic E-state index is 11.8. The lowest BCUT2D eigenvalue weighted by Crippen LogP contribution is -2.30. The van der Waals surface area contributed by atoms with Crippen LogP contribution in [0.3, 0.4) is 0 Å². The lowest BCUT2D eigenvalue weighted by atomic mass is 10.1. The van der Waals surface area contributed by atoms with Gasteiger partial charge in [-0.3, -0.25) is 0 Å². The van der Waals surface area contributed by atoms with E-state index in [1.165, 1.54) is 5.56 Å². The maximum Gasteiger partial charge on any atom is 0.319 e. The molecule has 110 valence electrons. The normalized spacial score (nSPS) is 10.2. The number of rotatable bonds is 4. The highest BCUT2D eigenvalue weighted by molar-refractivity contribution is 9.10. The molecular formula is C16H18BrN3O. The van der Waals surface area contributed by atoms with Crippen molar-refractivity contribution in [1.29, 1.82) is 0 Å². The SMILES string of the molecule is Cc1ccc(N)c(NC(=O)NCCc2cccc(Br)c2)c1. The number of aryl methyl sites for hydroxylation is 1. The number of benzene rings is 2. The van der Waals surface area contributed by atoms with E-state index in [2.05, 4.69) is 26.6 Å². The molecule has 4 nitrogen and oxygen atoms in total. The first-order valence-electron chi connectivity index (χ1n) is 6.70.